The van der Waals surface area contributed by atoms with E-state index < -0.39 is 0 Å². The van der Waals surface area contributed by atoms with Crippen molar-refractivity contribution in [3.8, 4) is 6.07 Å². The predicted molar refractivity (Wildman–Crippen MR) is 75.9 cm³/mol. The van der Waals surface area contributed by atoms with Crippen LogP contribution in [0.2, 0.25) is 0 Å². The van der Waals surface area contributed by atoms with E-state index >= 15 is 0 Å². The van der Waals surface area contributed by atoms with Gasteiger partial charge in [-0.15, -0.1) is 0 Å². The van der Waals surface area contributed by atoms with Crippen LogP contribution in [-0.2, 0) is 7.05 Å². The highest BCUT2D eigenvalue weighted by atomic mass is 32.2. The highest BCUT2D eigenvalue weighted by Gasteiger charge is 2.33. The molecule has 1 fully saturated rings. The molecule has 1 N–H and O–H groups in total. The van der Waals surface area contributed by atoms with E-state index in [1.807, 2.05) is 25.7 Å². The molecule has 0 saturated heterocycles. The van der Waals surface area contributed by atoms with Crippen LogP contribution in [0.1, 0.15) is 36.9 Å². The van der Waals surface area contributed by atoms with E-state index in [-0.39, 0.29) is 0 Å². The van der Waals surface area contributed by atoms with Gasteiger partial charge in [-0.25, -0.2) is 0 Å². The molecular formula is C13H20N4S. The molecular weight excluding hydrogens is 244 g/mol. The molecule has 0 unspecified atom stereocenters. The minimum Gasteiger partial charge on any atom is -0.368 e. The molecule has 0 amide bonds. The fourth-order valence-electron chi connectivity index (χ4n) is 2.71. The van der Waals surface area contributed by atoms with E-state index in [2.05, 4.69) is 22.7 Å². The Kier molecular flexibility index (Phi) is 3.86. The fourth-order valence-corrected chi connectivity index (χ4v) is 3.63. The third-order valence-electron chi connectivity index (χ3n) is 3.86. The minimum atomic E-state index is 0.338. The van der Waals surface area contributed by atoms with E-state index in [1.165, 1.54) is 25.7 Å². The Labute approximate surface area is 113 Å². The van der Waals surface area contributed by atoms with Crippen LogP contribution in [0.3, 0.4) is 0 Å². The van der Waals surface area contributed by atoms with Gasteiger partial charge in [0.05, 0.1) is 5.69 Å². The van der Waals surface area contributed by atoms with Crippen molar-refractivity contribution in [2.24, 2.45) is 7.05 Å². The number of hydrogen-bond donors (Lipinski definition) is 1. The summed E-state index contributed by atoms with van der Waals surface area (Å²) in [7, 11) is 1.89. The lowest BCUT2D eigenvalue weighted by Gasteiger charge is -2.27. The number of aryl methyl sites for hydroxylation is 2. The molecule has 0 atom stereocenters. The van der Waals surface area contributed by atoms with Gasteiger partial charge in [-0.3, -0.25) is 4.68 Å². The molecule has 5 heteroatoms. The average Bonchev–Trinajstić information content (AvgIpc) is 2.92. The smallest absolute Gasteiger partial charge is 0.142 e. The molecule has 1 saturated carbocycles. The van der Waals surface area contributed by atoms with E-state index in [9.17, 15) is 5.26 Å². The quantitative estimate of drug-likeness (QED) is 0.908. The molecule has 1 aliphatic rings. The van der Waals surface area contributed by atoms with Crippen molar-refractivity contribution >= 4 is 17.6 Å². The highest BCUT2D eigenvalue weighted by molar-refractivity contribution is 8.00. The Morgan fingerprint density at radius 1 is 1.50 bits per heavy atom. The molecule has 0 aliphatic heterocycles. The zero-order chi connectivity index (χ0) is 13.2. The van der Waals surface area contributed by atoms with Crippen LogP contribution in [0.5, 0.6) is 0 Å². The molecule has 0 radical (unpaired) electrons. The lowest BCUT2D eigenvalue weighted by molar-refractivity contribution is 0.633. The molecule has 1 aromatic heterocycles. The Bertz CT molecular complexity index is 466. The standard InChI is InChI=1S/C13H20N4S/c1-10-11(8-14)12(17(2)16-10)15-9-13(18-3)6-4-5-7-13/h15H,4-7,9H2,1-3H3. The van der Waals surface area contributed by atoms with Crippen molar-refractivity contribution in [1.82, 2.24) is 9.78 Å². The number of hydrogen-bond acceptors (Lipinski definition) is 4. The summed E-state index contributed by atoms with van der Waals surface area (Å²) < 4.78 is 2.11. The summed E-state index contributed by atoms with van der Waals surface area (Å²) in [6, 6.07) is 2.24. The highest BCUT2D eigenvalue weighted by Crippen LogP contribution is 2.40. The van der Waals surface area contributed by atoms with Crippen LogP contribution in [0.15, 0.2) is 0 Å². The molecule has 0 spiro atoms. The first-order valence-corrected chi connectivity index (χ1v) is 7.57. The Hall–Kier alpha value is -1.15. The largest absolute Gasteiger partial charge is 0.368 e. The summed E-state index contributed by atoms with van der Waals surface area (Å²) in [6.45, 7) is 2.80. The van der Waals surface area contributed by atoms with Crippen LogP contribution in [0, 0.1) is 18.3 Å². The lowest BCUT2D eigenvalue weighted by Crippen LogP contribution is -2.30. The van der Waals surface area contributed by atoms with E-state index in [0.717, 1.165) is 18.1 Å². The molecule has 1 aliphatic carbocycles. The van der Waals surface area contributed by atoms with Gasteiger partial charge in [-0.2, -0.15) is 22.1 Å². The van der Waals surface area contributed by atoms with Crippen molar-refractivity contribution in [1.29, 1.82) is 5.26 Å². The maximum Gasteiger partial charge on any atom is 0.142 e. The van der Waals surface area contributed by atoms with Crippen LogP contribution >= 0.6 is 11.8 Å². The van der Waals surface area contributed by atoms with E-state index in [0.29, 0.717) is 10.3 Å². The van der Waals surface area contributed by atoms with Gasteiger partial charge < -0.3 is 5.32 Å². The van der Waals surface area contributed by atoms with Crippen molar-refractivity contribution in [3.63, 3.8) is 0 Å². The molecule has 4 nitrogen and oxygen atoms in total. The molecule has 18 heavy (non-hydrogen) atoms. The third kappa shape index (κ3) is 2.35. The number of rotatable bonds is 4. The lowest BCUT2D eigenvalue weighted by atomic mass is 10.1. The third-order valence-corrected chi connectivity index (χ3v) is 5.28. The second-order valence-corrected chi connectivity index (χ2v) is 6.27. The van der Waals surface area contributed by atoms with Crippen molar-refractivity contribution in [2.45, 2.75) is 37.4 Å². The zero-order valence-corrected chi connectivity index (χ0v) is 12.1. The Balaban J connectivity index is 2.13. The van der Waals surface area contributed by atoms with Crippen molar-refractivity contribution < 1.29 is 0 Å². The van der Waals surface area contributed by atoms with Gasteiger partial charge in [0, 0.05) is 18.3 Å². The number of nitrogens with one attached hydrogen (secondary N) is 1. The topological polar surface area (TPSA) is 53.6 Å². The number of nitriles is 1. The number of anilines is 1. The monoisotopic (exact) mass is 264 g/mol. The molecule has 0 aromatic carbocycles. The summed E-state index contributed by atoms with van der Waals surface area (Å²) in [6.07, 6.45) is 7.35. The first-order chi connectivity index (χ1) is 8.62. The van der Waals surface area contributed by atoms with Gasteiger partial charge >= 0.3 is 0 Å². The normalized spacial score (nSPS) is 17.7. The van der Waals surface area contributed by atoms with Crippen LogP contribution in [0.4, 0.5) is 5.82 Å². The Morgan fingerprint density at radius 2 is 2.17 bits per heavy atom. The van der Waals surface area contributed by atoms with E-state index in [1.54, 1.807) is 4.68 Å². The van der Waals surface area contributed by atoms with Crippen molar-refractivity contribution in [3.05, 3.63) is 11.3 Å². The van der Waals surface area contributed by atoms with Crippen LogP contribution in [-0.4, -0.2) is 27.3 Å². The van der Waals surface area contributed by atoms with Crippen LogP contribution < -0.4 is 5.32 Å². The molecule has 1 heterocycles. The van der Waals surface area contributed by atoms with Gasteiger partial charge in [0.1, 0.15) is 17.5 Å². The van der Waals surface area contributed by atoms with Gasteiger partial charge in [-0.05, 0) is 26.0 Å². The zero-order valence-electron chi connectivity index (χ0n) is 11.3. The summed E-state index contributed by atoms with van der Waals surface area (Å²) in [5, 5.41) is 16.9. The molecule has 1 aromatic rings. The number of nitrogens with zero attached hydrogens (tertiary/aromatic N) is 3. The predicted octanol–water partition coefficient (Wildman–Crippen LogP) is 2.69. The minimum absolute atomic E-state index is 0.338. The first kappa shape index (κ1) is 13.3. The summed E-state index contributed by atoms with van der Waals surface area (Å²) in [4.78, 5) is 0. The number of thioether (sulfide) groups is 1. The van der Waals surface area contributed by atoms with E-state index in [4.69, 9.17) is 0 Å². The van der Waals surface area contributed by atoms with Gasteiger partial charge in [0.2, 0.25) is 0 Å². The van der Waals surface area contributed by atoms with Gasteiger partial charge in [0.15, 0.2) is 0 Å². The first-order valence-electron chi connectivity index (χ1n) is 6.34. The summed E-state index contributed by atoms with van der Waals surface area (Å²) in [5.74, 6) is 0.857. The maximum atomic E-state index is 9.18. The van der Waals surface area contributed by atoms with Crippen molar-refractivity contribution in [2.75, 3.05) is 18.1 Å². The molecule has 0 bridgehead atoms. The molecule has 98 valence electrons. The van der Waals surface area contributed by atoms with Gasteiger partial charge in [-0.1, -0.05) is 12.8 Å². The second kappa shape index (κ2) is 5.23. The number of aromatic nitrogens is 2. The summed E-state index contributed by atoms with van der Waals surface area (Å²) in [5.41, 5.74) is 1.47. The summed E-state index contributed by atoms with van der Waals surface area (Å²) >= 11 is 1.95. The Morgan fingerprint density at radius 3 is 2.72 bits per heavy atom. The maximum absolute atomic E-state index is 9.18. The molecule has 2 rings (SSSR count). The second-order valence-electron chi connectivity index (χ2n) is 4.99. The fraction of sp³-hybridized carbons (Fsp3) is 0.692. The SMILES string of the molecule is CSC1(CNc2c(C#N)c(C)nn2C)CCCC1. The average molecular weight is 264 g/mol. The van der Waals surface area contributed by atoms with Crippen LogP contribution in [0.25, 0.3) is 0 Å². The van der Waals surface area contributed by atoms with Gasteiger partial charge in [0.25, 0.3) is 0 Å².